The number of benzene rings is 2. The molecule has 100 valence electrons. The molecule has 0 saturated heterocycles. The van der Waals surface area contributed by atoms with Crippen molar-refractivity contribution >= 4 is 27.5 Å². The van der Waals surface area contributed by atoms with Crippen molar-refractivity contribution in [1.82, 2.24) is 0 Å². The summed E-state index contributed by atoms with van der Waals surface area (Å²) in [5.41, 5.74) is 1.03. The van der Waals surface area contributed by atoms with Gasteiger partial charge in [0.05, 0.1) is 11.1 Å². The van der Waals surface area contributed by atoms with Crippen LogP contribution in [0.2, 0.25) is 5.02 Å². The Kier molecular flexibility index (Phi) is 4.55. The molecule has 0 fully saturated rings. The lowest BCUT2D eigenvalue weighted by molar-refractivity contribution is 0.178. The molecule has 0 heterocycles. The summed E-state index contributed by atoms with van der Waals surface area (Å²) in [5, 5.41) is 10.0. The maximum atomic E-state index is 13.3. The molecule has 0 aromatic heterocycles. The normalized spacial score (nSPS) is 12.5. The molecule has 5 heteroatoms. The minimum Gasteiger partial charge on any atom is -0.388 e. The largest absolute Gasteiger partial charge is 0.388 e. The van der Waals surface area contributed by atoms with E-state index in [1.807, 2.05) is 0 Å². The average Bonchev–Trinajstić information content (AvgIpc) is 2.31. The molecule has 1 unspecified atom stereocenters. The molecule has 0 spiro atoms. The molecule has 1 nitrogen and oxygen atoms in total. The predicted molar refractivity (Wildman–Crippen MR) is 74.2 cm³/mol. The van der Waals surface area contributed by atoms with Crippen LogP contribution in [-0.4, -0.2) is 5.11 Å². The Morgan fingerprint density at radius 3 is 2.53 bits per heavy atom. The van der Waals surface area contributed by atoms with E-state index >= 15 is 0 Å². The first-order valence-electron chi connectivity index (χ1n) is 5.53. The zero-order chi connectivity index (χ0) is 14.0. The van der Waals surface area contributed by atoms with Gasteiger partial charge in [-0.3, -0.25) is 0 Å². The van der Waals surface area contributed by atoms with E-state index in [1.165, 1.54) is 24.3 Å². The van der Waals surface area contributed by atoms with E-state index in [9.17, 15) is 13.9 Å². The fourth-order valence-corrected chi connectivity index (χ4v) is 2.42. The third-order valence-corrected chi connectivity index (χ3v) is 3.44. The van der Waals surface area contributed by atoms with Gasteiger partial charge in [0.15, 0.2) is 0 Å². The first-order chi connectivity index (χ1) is 8.95. The zero-order valence-electron chi connectivity index (χ0n) is 9.71. The topological polar surface area (TPSA) is 20.2 Å². The van der Waals surface area contributed by atoms with E-state index in [-0.39, 0.29) is 17.3 Å². The van der Waals surface area contributed by atoms with Crippen LogP contribution in [0.4, 0.5) is 8.78 Å². The van der Waals surface area contributed by atoms with E-state index in [0.29, 0.717) is 15.6 Å². The Labute approximate surface area is 123 Å². The van der Waals surface area contributed by atoms with Crippen molar-refractivity contribution in [3.05, 3.63) is 68.7 Å². The highest BCUT2D eigenvalue weighted by Crippen LogP contribution is 2.24. The quantitative estimate of drug-likeness (QED) is 0.856. The summed E-state index contributed by atoms with van der Waals surface area (Å²) in [6, 6.07) is 8.49. The molecular formula is C14H10BrClF2O. The summed E-state index contributed by atoms with van der Waals surface area (Å²) in [7, 11) is 0. The van der Waals surface area contributed by atoms with Crippen molar-refractivity contribution in [3.63, 3.8) is 0 Å². The lowest BCUT2D eigenvalue weighted by atomic mass is 10.0. The van der Waals surface area contributed by atoms with Gasteiger partial charge in [-0.1, -0.05) is 33.6 Å². The number of hydrogen-bond donors (Lipinski definition) is 1. The van der Waals surface area contributed by atoms with Crippen LogP contribution in [0, 0.1) is 11.6 Å². The van der Waals surface area contributed by atoms with Crippen LogP contribution < -0.4 is 0 Å². The molecule has 1 atom stereocenters. The lowest BCUT2D eigenvalue weighted by Crippen LogP contribution is -2.03. The molecule has 0 aliphatic carbocycles. The van der Waals surface area contributed by atoms with Gasteiger partial charge in [-0.25, -0.2) is 8.78 Å². The van der Waals surface area contributed by atoms with Crippen LogP contribution in [0.15, 0.2) is 40.9 Å². The van der Waals surface area contributed by atoms with E-state index < -0.39 is 11.9 Å². The summed E-state index contributed by atoms with van der Waals surface area (Å²) >= 11 is 8.76. The molecular weight excluding hydrogens is 338 g/mol. The van der Waals surface area contributed by atoms with Crippen molar-refractivity contribution in [2.24, 2.45) is 0 Å². The van der Waals surface area contributed by atoms with E-state index in [0.717, 1.165) is 0 Å². The molecule has 0 radical (unpaired) electrons. The van der Waals surface area contributed by atoms with Crippen molar-refractivity contribution in [2.75, 3.05) is 0 Å². The molecule has 1 N–H and O–H groups in total. The van der Waals surface area contributed by atoms with Crippen LogP contribution in [0.1, 0.15) is 17.2 Å². The van der Waals surface area contributed by atoms with Gasteiger partial charge in [0.25, 0.3) is 0 Å². The maximum Gasteiger partial charge on any atom is 0.142 e. The second-order valence-electron chi connectivity index (χ2n) is 4.17. The van der Waals surface area contributed by atoms with Gasteiger partial charge >= 0.3 is 0 Å². The fraction of sp³-hybridized carbons (Fsp3) is 0.143. The zero-order valence-corrected chi connectivity index (χ0v) is 12.0. The molecule has 19 heavy (non-hydrogen) atoms. The number of rotatable bonds is 3. The number of hydrogen-bond acceptors (Lipinski definition) is 1. The summed E-state index contributed by atoms with van der Waals surface area (Å²) in [4.78, 5) is 0. The van der Waals surface area contributed by atoms with Crippen LogP contribution in [-0.2, 0) is 6.42 Å². The molecule has 0 amide bonds. The predicted octanol–water partition coefficient (Wildman–Crippen LogP) is 4.66. The molecule has 0 saturated carbocycles. The van der Waals surface area contributed by atoms with E-state index in [2.05, 4.69) is 15.9 Å². The van der Waals surface area contributed by atoms with Gasteiger partial charge < -0.3 is 5.11 Å². The van der Waals surface area contributed by atoms with Gasteiger partial charge in [-0.15, -0.1) is 0 Å². The smallest absolute Gasteiger partial charge is 0.142 e. The molecule has 2 aromatic carbocycles. The second kappa shape index (κ2) is 5.99. The van der Waals surface area contributed by atoms with E-state index in [1.54, 1.807) is 12.1 Å². The minimum absolute atomic E-state index is 0.00412. The Bertz CT molecular complexity index is 584. The highest BCUT2D eigenvalue weighted by molar-refractivity contribution is 9.10. The number of halogens is 4. The molecule has 0 aliphatic rings. The highest BCUT2D eigenvalue weighted by atomic mass is 79.9. The van der Waals surface area contributed by atoms with Gasteiger partial charge in [0.2, 0.25) is 0 Å². The van der Waals surface area contributed by atoms with Crippen molar-refractivity contribution < 1.29 is 13.9 Å². The molecule has 0 aliphatic heterocycles. The second-order valence-corrected chi connectivity index (χ2v) is 5.49. The van der Waals surface area contributed by atoms with Crippen LogP contribution >= 0.6 is 27.5 Å². The van der Waals surface area contributed by atoms with Crippen LogP contribution in [0.25, 0.3) is 0 Å². The lowest BCUT2D eigenvalue weighted by Gasteiger charge is -2.12. The van der Waals surface area contributed by atoms with Crippen molar-refractivity contribution in [1.29, 1.82) is 0 Å². The monoisotopic (exact) mass is 346 g/mol. The first kappa shape index (κ1) is 14.4. The van der Waals surface area contributed by atoms with Crippen molar-refractivity contribution in [3.8, 4) is 0 Å². The fourth-order valence-electron chi connectivity index (χ4n) is 1.79. The molecule has 2 aromatic rings. The highest BCUT2D eigenvalue weighted by Gasteiger charge is 2.12. The van der Waals surface area contributed by atoms with Crippen LogP contribution in [0.3, 0.4) is 0 Å². The van der Waals surface area contributed by atoms with Gasteiger partial charge in [0.1, 0.15) is 11.6 Å². The number of aliphatic hydroxyl groups is 1. The third kappa shape index (κ3) is 3.75. The molecule has 0 bridgehead atoms. The maximum absolute atomic E-state index is 13.3. The third-order valence-electron chi connectivity index (χ3n) is 2.68. The summed E-state index contributed by atoms with van der Waals surface area (Å²) in [6.45, 7) is 0. The van der Waals surface area contributed by atoms with Crippen LogP contribution in [0.5, 0.6) is 0 Å². The standard InChI is InChI=1S/C14H10BrClF2O/c15-10-3-8(4-11(17)7-10)5-14(19)9-1-2-12(16)13(18)6-9/h1-4,6-7,14,19H,5H2. The SMILES string of the molecule is OC(Cc1cc(F)cc(Br)c1)c1ccc(Cl)c(F)c1. The molecule has 2 rings (SSSR count). The average molecular weight is 348 g/mol. The first-order valence-corrected chi connectivity index (χ1v) is 6.71. The van der Waals surface area contributed by atoms with E-state index in [4.69, 9.17) is 11.6 Å². The summed E-state index contributed by atoms with van der Waals surface area (Å²) in [5.74, 6) is -0.975. The summed E-state index contributed by atoms with van der Waals surface area (Å²) < 4.78 is 27.1. The Balaban J connectivity index is 2.20. The Morgan fingerprint density at radius 2 is 1.89 bits per heavy atom. The number of aliphatic hydroxyl groups excluding tert-OH is 1. The van der Waals surface area contributed by atoms with Crippen molar-refractivity contribution in [2.45, 2.75) is 12.5 Å². The van der Waals surface area contributed by atoms with Gasteiger partial charge in [-0.2, -0.15) is 0 Å². The summed E-state index contributed by atoms with van der Waals surface area (Å²) in [6.07, 6.45) is -0.724. The Hall–Kier alpha value is -0.970. The van der Waals surface area contributed by atoms with Gasteiger partial charge in [-0.05, 0) is 41.5 Å². The minimum atomic E-state index is -0.916. The van der Waals surface area contributed by atoms with Gasteiger partial charge in [0, 0.05) is 10.9 Å². The Morgan fingerprint density at radius 1 is 1.16 bits per heavy atom.